The molecule has 23 heavy (non-hydrogen) atoms. The van der Waals surface area contributed by atoms with Crippen molar-refractivity contribution >= 4 is 34.6 Å². The number of carbonyl (C=O) groups is 1. The molecule has 1 aliphatic heterocycles. The van der Waals surface area contributed by atoms with Crippen molar-refractivity contribution in [3.8, 4) is 6.07 Å². The quantitative estimate of drug-likeness (QED) is 0.838. The van der Waals surface area contributed by atoms with Crippen molar-refractivity contribution in [2.45, 2.75) is 25.6 Å². The highest BCUT2D eigenvalue weighted by molar-refractivity contribution is 7.82. The van der Waals surface area contributed by atoms with E-state index in [1.165, 1.54) is 26.0 Å². The molecule has 1 aromatic carbocycles. The molecule has 1 aliphatic rings. The van der Waals surface area contributed by atoms with Crippen molar-refractivity contribution in [3.63, 3.8) is 0 Å². The Morgan fingerprint density at radius 1 is 1.43 bits per heavy atom. The number of amides is 1. The number of thiocarbonyl (C=S) groups is 1. The molecule has 5 nitrogen and oxygen atoms in total. The number of alkyl halides is 3. The number of hydrogen-bond donors (Lipinski definition) is 1. The highest BCUT2D eigenvalue weighted by atomic mass is 32.1. The average Bonchev–Trinajstić information content (AvgIpc) is 2.68. The summed E-state index contributed by atoms with van der Waals surface area (Å²) in [5, 5.41) is 8.82. The molecule has 0 fully saturated rings. The Hall–Kier alpha value is -2.47. The first-order chi connectivity index (χ1) is 10.5. The van der Waals surface area contributed by atoms with Crippen molar-refractivity contribution in [1.82, 2.24) is 0 Å². The molecule has 0 atom stereocenters. The van der Waals surface area contributed by atoms with Crippen LogP contribution in [0.15, 0.2) is 23.2 Å². The van der Waals surface area contributed by atoms with Gasteiger partial charge in [-0.05, 0) is 32.0 Å². The van der Waals surface area contributed by atoms with Gasteiger partial charge in [0.1, 0.15) is 10.5 Å². The number of aliphatic imine (C=N–C) groups is 1. The number of carbonyl (C=O) groups excluding carboxylic acids is 1. The third kappa shape index (κ3) is 2.90. The Morgan fingerprint density at radius 3 is 2.52 bits per heavy atom. The molecule has 1 heterocycles. The molecule has 0 aliphatic carbocycles. The first-order valence-corrected chi connectivity index (χ1v) is 6.75. The second kappa shape index (κ2) is 5.31. The Morgan fingerprint density at radius 2 is 2.04 bits per heavy atom. The van der Waals surface area contributed by atoms with Gasteiger partial charge in [-0.3, -0.25) is 9.69 Å². The number of benzene rings is 1. The minimum atomic E-state index is -4.74. The lowest BCUT2D eigenvalue weighted by molar-refractivity contribution is -0.137. The molecule has 120 valence electrons. The van der Waals surface area contributed by atoms with Crippen LogP contribution in [-0.4, -0.2) is 22.3 Å². The fraction of sp³-hybridized carbons (Fsp3) is 0.286. The van der Waals surface area contributed by atoms with Crippen LogP contribution >= 0.6 is 12.2 Å². The maximum atomic E-state index is 13.1. The number of nitrogens with two attached hydrogens (primary N) is 1. The van der Waals surface area contributed by atoms with Crippen LogP contribution in [0.5, 0.6) is 0 Å². The van der Waals surface area contributed by atoms with Gasteiger partial charge in [-0.25, -0.2) is 4.99 Å². The molecule has 1 amide bonds. The van der Waals surface area contributed by atoms with Crippen LogP contribution in [0.3, 0.4) is 0 Å². The number of rotatable bonds is 2. The van der Waals surface area contributed by atoms with Gasteiger partial charge < -0.3 is 5.73 Å². The largest absolute Gasteiger partial charge is 0.417 e. The van der Waals surface area contributed by atoms with Crippen LogP contribution in [0.2, 0.25) is 0 Å². The van der Waals surface area contributed by atoms with E-state index >= 15 is 0 Å². The minimum Gasteiger partial charge on any atom is -0.387 e. The predicted octanol–water partition coefficient (Wildman–Crippen LogP) is 2.39. The van der Waals surface area contributed by atoms with Crippen molar-refractivity contribution < 1.29 is 18.0 Å². The monoisotopic (exact) mass is 340 g/mol. The Balaban J connectivity index is 2.63. The average molecular weight is 340 g/mol. The second-order valence-electron chi connectivity index (χ2n) is 5.34. The minimum absolute atomic E-state index is 0.0761. The van der Waals surface area contributed by atoms with E-state index in [9.17, 15) is 18.0 Å². The Bertz CT molecular complexity index is 777. The van der Waals surface area contributed by atoms with Crippen molar-refractivity contribution in [1.29, 1.82) is 5.26 Å². The number of anilines is 1. The molecule has 1 aromatic rings. The molecule has 0 saturated heterocycles. The summed E-state index contributed by atoms with van der Waals surface area (Å²) in [4.78, 5) is 17.2. The molecule has 0 aromatic heterocycles. The first kappa shape index (κ1) is 16.9. The standard InChI is InChI=1S/C14H11F3N4OS/c1-13(2)12(22)21(11(20-13)10(19)23)8-4-3-7(6-18)9(5-8)14(15,16)17/h3-5H,1-2H3,(H2,19,23). The van der Waals surface area contributed by atoms with E-state index in [2.05, 4.69) is 4.99 Å². The second-order valence-corrected chi connectivity index (χ2v) is 5.78. The lowest BCUT2D eigenvalue weighted by Crippen LogP contribution is -2.43. The number of nitriles is 1. The topological polar surface area (TPSA) is 82.5 Å². The third-order valence-electron chi connectivity index (χ3n) is 3.23. The molecule has 0 spiro atoms. The van der Waals surface area contributed by atoms with Gasteiger partial charge in [0.2, 0.25) is 0 Å². The van der Waals surface area contributed by atoms with Gasteiger partial charge in [0.25, 0.3) is 5.91 Å². The number of nitrogens with zero attached hydrogens (tertiary/aromatic N) is 3. The smallest absolute Gasteiger partial charge is 0.387 e. The van der Waals surface area contributed by atoms with Crippen LogP contribution in [0.25, 0.3) is 0 Å². The molecule has 2 N–H and O–H groups in total. The lowest BCUT2D eigenvalue weighted by atomic mass is 10.0. The molecule has 0 saturated carbocycles. The van der Waals surface area contributed by atoms with Crippen molar-refractivity contribution in [2.24, 2.45) is 10.7 Å². The van der Waals surface area contributed by atoms with Gasteiger partial charge in [-0.1, -0.05) is 12.2 Å². The van der Waals surface area contributed by atoms with Gasteiger partial charge >= 0.3 is 6.18 Å². The zero-order valence-electron chi connectivity index (χ0n) is 12.1. The molecule has 2 rings (SSSR count). The fourth-order valence-corrected chi connectivity index (χ4v) is 2.28. The molecule has 9 heteroatoms. The van der Waals surface area contributed by atoms with E-state index < -0.39 is 28.7 Å². The SMILES string of the molecule is CC1(C)N=C(C(N)=S)N(c2ccc(C#N)c(C(F)(F)F)c2)C1=O. The summed E-state index contributed by atoms with van der Waals surface area (Å²) in [6.07, 6.45) is -4.74. The zero-order valence-corrected chi connectivity index (χ0v) is 12.9. The summed E-state index contributed by atoms with van der Waals surface area (Å²) < 4.78 is 39.2. The van der Waals surface area contributed by atoms with E-state index in [0.29, 0.717) is 6.07 Å². The maximum Gasteiger partial charge on any atom is 0.417 e. The highest BCUT2D eigenvalue weighted by Gasteiger charge is 2.43. The van der Waals surface area contributed by atoms with Crippen molar-refractivity contribution in [3.05, 3.63) is 29.3 Å². The maximum absolute atomic E-state index is 13.1. The molecule has 0 unspecified atom stereocenters. The first-order valence-electron chi connectivity index (χ1n) is 6.34. The Kier molecular flexibility index (Phi) is 3.90. The number of hydrogen-bond acceptors (Lipinski definition) is 4. The molecule has 0 radical (unpaired) electrons. The lowest BCUT2D eigenvalue weighted by Gasteiger charge is -2.21. The van der Waals surface area contributed by atoms with Gasteiger partial charge in [-0.15, -0.1) is 0 Å². The van der Waals surface area contributed by atoms with Crippen LogP contribution in [0.4, 0.5) is 18.9 Å². The van der Waals surface area contributed by atoms with E-state index in [-0.39, 0.29) is 16.5 Å². The Labute approximate surface area is 135 Å². The van der Waals surface area contributed by atoms with Crippen LogP contribution < -0.4 is 10.6 Å². The number of halogens is 3. The molecular weight excluding hydrogens is 329 g/mol. The van der Waals surface area contributed by atoms with Crippen LogP contribution in [0, 0.1) is 11.3 Å². The summed E-state index contributed by atoms with van der Waals surface area (Å²) in [6.45, 7) is 3.00. The van der Waals surface area contributed by atoms with Gasteiger partial charge in [0.15, 0.2) is 5.84 Å². The van der Waals surface area contributed by atoms with E-state index in [1.807, 2.05) is 0 Å². The van der Waals surface area contributed by atoms with Gasteiger partial charge in [0.05, 0.1) is 22.9 Å². The summed E-state index contributed by atoms with van der Waals surface area (Å²) >= 11 is 4.82. The van der Waals surface area contributed by atoms with E-state index in [1.54, 1.807) is 0 Å². The summed E-state index contributed by atoms with van der Waals surface area (Å²) in [7, 11) is 0. The predicted molar refractivity (Wildman–Crippen MR) is 81.9 cm³/mol. The van der Waals surface area contributed by atoms with Crippen molar-refractivity contribution in [2.75, 3.05) is 4.90 Å². The summed E-state index contributed by atoms with van der Waals surface area (Å²) in [5.74, 6) is -0.633. The van der Waals surface area contributed by atoms with Crippen LogP contribution in [-0.2, 0) is 11.0 Å². The van der Waals surface area contributed by atoms with Crippen LogP contribution in [0.1, 0.15) is 25.0 Å². The zero-order chi connectivity index (χ0) is 17.6. The number of amidine groups is 1. The summed E-state index contributed by atoms with van der Waals surface area (Å²) in [5.41, 5.74) is 2.55. The fourth-order valence-electron chi connectivity index (χ4n) is 2.14. The normalized spacial score (nSPS) is 17.0. The van der Waals surface area contributed by atoms with Gasteiger partial charge in [0, 0.05) is 0 Å². The molecular formula is C14H11F3N4OS. The van der Waals surface area contributed by atoms with E-state index in [4.69, 9.17) is 23.2 Å². The summed E-state index contributed by atoms with van der Waals surface area (Å²) in [6, 6.07) is 4.41. The van der Waals surface area contributed by atoms with Gasteiger partial charge in [-0.2, -0.15) is 18.4 Å². The van der Waals surface area contributed by atoms with E-state index in [0.717, 1.165) is 11.0 Å². The molecule has 0 bridgehead atoms. The third-order valence-corrected chi connectivity index (χ3v) is 3.41. The highest BCUT2D eigenvalue weighted by Crippen LogP contribution is 2.36.